The van der Waals surface area contributed by atoms with Crippen LogP contribution in [0.1, 0.15) is 48.8 Å². The highest BCUT2D eigenvalue weighted by molar-refractivity contribution is 7.11. The fourth-order valence-corrected chi connectivity index (χ4v) is 4.58. The summed E-state index contributed by atoms with van der Waals surface area (Å²) in [5, 5.41) is 4.76. The molecule has 0 aromatic carbocycles. The van der Waals surface area contributed by atoms with Crippen molar-refractivity contribution in [1.29, 1.82) is 0 Å². The predicted octanol–water partition coefficient (Wildman–Crippen LogP) is 2.62. The number of nitrogens with one attached hydrogen (secondary N) is 1. The van der Waals surface area contributed by atoms with Gasteiger partial charge >= 0.3 is 0 Å². The summed E-state index contributed by atoms with van der Waals surface area (Å²) < 4.78 is 0. The molecule has 1 aromatic heterocycles. The first-order valence-electron chi connectivity index (χ1n) is 7.48. The Labute approximate surface area is 120 Å². The van der Waals surface area contributed by atoms with E-state index in [1.165, 1.54) is 30.0 Å². The molecule has 1 aliphatic carbocycles. The van der Waals surface area contributed by atoms with E-state index in [9.17, 15) is 0 Å². The molecule has 0 amide bonds. The maximum absolute atomic E-state index is 4.95. The summed E-state index contributed by atoms with van der Waals surface area (Å²) in [6.45, 7) is 11.6. The maximum atomic E-state index is 4.95. The van der Waals surface area contributed by atoms with Crippen molar-refractivity contribution < 1.29 is 0 Å². The molecular weight excluding hydrogens is 254 g/mol. The van der Waals surface area contributed by atoms with E-state index in [4.69, 9.17) is 4.98 Å². The Morgan fingerprint density at radius 2 is 2.05 bits per heavy atom. The molecule has 1 N–H and O–H groups in total. The normalized spacial score (nSPS) is 25.0. The second kappa shape index (κ2) is 5.15. The van der Waals surface area contributed by atoms with Gasteiger partial charge in [0.1, 0.15) is 5.01 Å². The Bertz CT molecular complexity index is 446. The zero-order chi connectivity index (χ0) is 13.5. The topological polar surface area (TPSA) is 28.2 Å². The first kappa shape index (κ1) is 13.5. The molecule has 0 spiro atoms. The van der Waals surface area contributed by atoms with Crippen LogP contribution in [-0.2, 0) is 12.8 Å². The molecule has 0 bridgehead atoms. The van der Waals surface area contributed by atoms with E-state index in [2.05, 4.69) is 31.0 Å². The Morgan fingerprint density at radius 3 is 2.79 bits per heavy atom. The third-order valence-electron chi connectivity index (χ3n) is 4.53. The molecule has 4 heteroatoms. The molecule has 3 rings (SSSR count). The fourth-order valence-electron chi connectivity index (χ4n) is 3.12. The van der Waals surface area contributed by atoms with Gasteiger partial charge in [-0.15, -0.1) is 11.3 Å². The number of aromatic nitrogens is 1. The Kier molecular flexibility index (Phi) is 3.67. The number of thiazole rings is 1. The van der Waals surface area contributed by atoms with Crippen LogP contribution in [0.25, 0.3) is 0 Å². The molecule has 1 fully saturated rings. The lowest BCUT2D eigenvalue weighted by molar-refractivity contribution is 0.185. The summed E-state index contributed by atoms with van der Waals surface area (Å²) in [5.74, 6) is 0. The minimum Gasteiger partial charge on any atom is -0.314 e. The zero-order valence-corrected chi connectivity index (χ0v) is 13.1. The molecule has 0 saturated carbocycles. The fraction of sp³-hybridized carbons (Fsp3) is 0.800. The molecular formula is C15H25N3S. The quantitative estimate of drug-likeness (QED) is 0.902. The van der Waals surface area contributed by atoms with Gasteiger partial charge < -0.3 is 5.32 Å². The van der Waals surface area contributed by atoms with Crippen LogP contribution in [0.4, 0.5) is 0 Å². The number of aryl methyl sites for hydroxylation is 1. The van der Waals surface area contributed by atoms with Crippen LogP contribution < -0.4 is 5.32 Å². The summed E-state index contributed by atoms with van der Waals surface area (Å²) in [6.07, 6.45) is 3.67. The van der Waals surface area contributed by atoms with Gasteiger partial charge in [0.05, 0.1) is 11.7 Å². The Balaban J connectivity index is 1.77. The molecule has 2 heterocycles. The van der Waals surface area contributed by atoms with Crippen LogP contribution in [-0.4, -0.2) is 36.1 Å². The smallest absolute Gasteiger partial charge is 0.110 e. The summed E-state index contributed by atoms with van der Waals surface area (Å²) in [4.78, 5) is 9.06. The van der Waals surface area contributed by atoms with Crippen molar-refractivity contribution in [3.63, 3.8) is 0 Å². The van der Waals surface area contributed by atoms with Gasteiger partial charge in [0.15, 0.2) is 0 Å². The van der Waals surface area contributed by atoms with Gasteiger partial charge in [-0.25, -0.2) is 4.98 Å². The van der Waals surface area contributed by atoms with Crippen molar-refractivity contribution in [3.05, 3.63) is 15.6 Å². The van der Waals surface area contributed by atoms with Gasteiger partial charge in [-0.1, -0.05) is 13.8 Å². The van der Waals surface area contributed by atoms with E-state index < -0.39 is 0 Å². The van der Waals surface area contributed by atoms with Crippen molar-refractivity contribution >= 4 is 11.3 Å². The zero-order valence-electron chi connectivity index (χ0n) is 12.3. The number of nitrogens with zero attached hydrogens (tertiary/aromatic N) is 2. The first-order valence-corrected chi connectivity index (χ1v) is 8.30. The van der Waals surface area contributed by atoms with E-state index in [0.29, 0.717) is 11.5 Å². The van der Waals surface area contributed by atoms with Gasteiger partial charge in [-0.3, -0.25) is 4.90 Å². The summed E-state index contributed by atoms with van der Waals surface area (Å²) >= 11 is 1.97. The highest BCUT2D eigenvalue weighted by Crippen LogP contribution is 2.39. The lowest BCUT2D eigenvalue weighted by atomic mass is 9.79. The molecule has 1 saturated heterocycles. The Hall–Kier alpha value is -0.450. The molecule has 19 heavy (non-hydrogen) atoms. The molecule has 0 radical (unpaired) electrons. The van der Waals surface area contributed by atoms with Gasteiger partial charge in [0.25, 0.3) is 0 Å². The van der Waals surface area contributed by atoms with E-state index in [0.717, 1.165) is 26.2 Å². The lowest BCUT2D eigenvalue weighted by Crippen LogP contribution is -2.44. The van der Waals surface area contributed by atoms with Crippen LogP contribution >= 0.6 is 11.3 Å². The minimum absolute atomic E-state index is 0.467. The summed E-state index contributed by atoms with van der Waals surface area (Å²) in [5.41, 5.74) is 1.86. The van der Waals surface area contributed by atoms with Gasteiger partial charge in [-0.2, -0.15) is 0 Å². The monoisotopic (exact) mass is 279 g/mol. The van der Waals surface area contributed by atoms with Crippen molar-refractivity contribution in [1.82, 2.24) is 15.2 Å². The van der Waals surface area contributed by atoms with E-state index in [1.54, 1.807) is 4.88 Å². The number of piperazine rings is 1. The third kappa shape index (κ3) is 2.86. The van der Waals surface area contributed by atoms with Crippen LogP contribution in [0.5, 0.6) is 0 Å². The predicted molar refractivity (Wildman–Crippen MR) is 80.8 cm³/mol. The lowest BCUT2D eigenvalue weighted by Gasteiger charge is -2.31. The number of hydrogen-bond acceptors (Lipinski definition) is 4. The average molecular weight is 279 g/mol. The highest BCUT2D eigenvalue weighted by atomic mass is 32.1. The molecule has 1 aliphatic heterocycles. The van der Waals surface area contributed by atoms with E-state index in [-0.39, 0.29) is 0 Å². The molecule has 2 aliphatic rings. The molecule has 106 valence electrons. The second-order valence-electron chi connectivity index (χ2n) is 6.72. The molecule has 1 aromatic rings. The third-order valence-corrected chi connectivity index (χ3v) is 5.80. The Morgan fingerprint density at radius 1 is 1.32 bits per heavy atom. The van der Waals surface area contributed by atoms with Crippen molar-refractivity contribution in [3.8, 4) is 0 Å². The largest absolute Gasteiger partial charge is 0.314 e. The average Bonchev–Trinajstić information content (AvgIpc) is 2.80. The first-order chi connectivity index (χ1) is 9.05. The molecule has 3 nitrogen and oxygen atoms in total. The standard InChI is InChI=1S/C15H25N3S/c1-11(18-8-6-16-7-9-18)14-17-12-4-5-15(2,3)10-13(12)19-14/h11,16H,4-10H2,1-3H3. The van der Waals surface area contributed by atoms with E-state index >= 15 is 0 Å². The van der Waals surface area contributed by atoms with Gasteiger partial charge in [0.2, 0.25) is 0 Å². The van der Waals surface area contributed by atoms with Crippen LogP contribution in [0, 0.1) is 5.41 Å². The number of rotatable bonds is 2. The van der Waals surface area contributed by atoms with Crippen LogP contribution in [0.2, 0.25) is 0 Å². The van der Waals surface area contributed by atoms with Crippen molar-refractivity contribution in [2.75, 3.05) is 26.2 Å². The van der Waals surface area contributed by atoms with Gasteiger partial charge in [0, 0.05) is 31.1 Å². The van der Waals surface area contributed by atoms with Crippen LogP contribution in [0.3, 0.4) is 0 Å². The minimum atomic E-state index is 0.467. The van der Waals surface area contributed by atoms with Crippen molar-refractivity contribution in [2.45, 2.75) is 46.1 Å². The second-order valence-corrected chi connectivity index (χ2v) is 7.84. The highest BCUT2D eigenvalue weighted by Gasteiger charge is 2.30. The summed E-state index contributed by atoms with van der Waals surface area (Å²) in [7, 11) is 0. The molecule has 1 atom stereocenters. The van der Waals surface area contributed by atoms with Gasteiger partial charge in [-0.05, 0) is 31.6 Å². The SMILES string of the molecule is CC(c1nc2c(s1)CC(C)(C)CC2)N1CCNCC1. The number of hydrogen-bond donors (Lipinski definition) is 1. The molecule has 1 unspecified atom stereocenters. The van der Waals surface area contributed by atoms with Crippen LogP contribution in [0.15, 0.2) is 0 Å². The maximum Gasteiger partial charge on any atom is 0.110 e. The van der Waals surface area contributed by atoms with Crippen molar-refractivity contribution in [2.24, 2.45) is 5.41 Å². The summed E-state index contributed by atoms with van der Waals surface area (Å²) in [6, 6.07) is 0.487. The van der Waals surface area contributed by atoms with E-state index in [1.807, 2.05) is 11.3 Å². The number of fused-ring (bicyclic) bond motifs is 1.